The molecule has 0 radical (unpaired) electrons. The van der Waals surface area contributed by atoms with Crippen LogP contribution in [0, 0.1) is 11.8 Å². The summed E-state index contributed by atoms with van der Waals surface area (Å²) in [4.78, 5) is 31.2. The third-order valence-electron chi connectivity index (χ3n) is 7.05. The van der Waals surface area contributed by atoms with Crippen LogP contribution in [0.15, 0.2) is 17.7 Å². The number of ether oxygens (including phenoxy) is 2. The molecule has 0 amide bonds. The van der Waals surface area contributed by atoms with E-state index in [9.17, 15) is 27.9 Å². The monoisotopic (exact) mass is 512 g/mol. The quantitative estimate of drug-likeness (QED) is 0.328. The number of alkyl halides is 3. The first-order valence-electron chi connectivity index (χ1n) is 12.6. The molecule has 2 saturated carbocycles. The molecule has 2 bridgehead atoms. The van der Waals surface area contributed by atoms with Gasteiger partial charge in [-0.3, -0.25) is 9.59 Å². The van der Waals surface area contributed by atoms with Crippen LogP contribution in [0.5, 0.6) is 0 Å². The van der Waals surface area contributed by atoms with Crippen molar-refractivity contribution in [2.45, 2.75) is 71.4 Å². The van der Waals surface area contributed by atoms with Crippen LogP contribution in [0.25, 0.3) is 5.76 Å². The van der Waals surface area contributed by atoms with Crippen molar-refractivity contribution in [3.8, 4) is 0 Å². The Kier molecular flexibility index (Phi) is 9.66. The molecule has 1 aromatic heterocycles. The predicted octanol–water partition coefficient (Wildman–Crippen LogP) is 4.94. The lowest BCUT2D eigenvalue weighted by atomic mass is 9.81. The maximum atomic E-state index is 13.2. The maximum Gasteiger partial charge on any atom is 0.433 e. The minimum Gasteiger partial charge on any atom is -0.506 e. The van der Waals surface area contributed by atoms with Crippen molar-refractivity contribution in [2.75, 3.05) is 26.7 Å². The number of nitrogens with zero attached hydrogens (tertiary/aromatic N) is 2. The molecule has 36 heavy (non-hydrogen) atoms. The highest BCUT2D eigenvalue weighted by atomic mass is 19.4. The fraction of sp³-hybridized carbons (Fsp3) is 0.654. The van der Waals surface area contributed by atoms with E-state index in [4.69, 9.17) is 9.47 Å². The number of aromatic nitrogens is 1. The van der Waals surface area contributed by atoms with Crippen molar-refractivity contribution in [3.05, 3.63) is 34.7 Å². The van der Waals surface area contributed by atoms with Crippen LogP contribution >= 0.6 is 0 Å². The minimum atomic E-state index is -4.69. The highest BCUT2D eigenvalue weighted by Gasteiger charge is 2.45. The van der Waals surface area contributed by atoms with Gasteiger partial charge >= 0.3 is 6.18 Å². The summed E-state index contributed by atoms with van der Waals surface area (Å²) in [6.45, 7) is 6.78. The molecule has 200 valence electrons. The molecule has 1 saturated heterocycles. The Morgan fingerprint density at radius 2 is 1.75 bits per heavy atom. The smallest absolute Gasteiger partial charge is 0.433 e. The summed E-state index contributed by atoms with van der Waals surface area (Å²) in [5.41, 5.74) is -1.77. The largest absolute Gasteiger partial charge is 0.506 e. The van der Waals surface area contributed by atoms with Crippen LogP contribution in [0.1, 0.15) is 69.3 Å². The standard InChI is InChI=1S/C21H22F3NO5.C5H13N/c22-21(23,24)15-7-6-13(14(25-15)10-30-16-3-1-2-8-29-16)20(28)17-18(26)11-4-5-12(9-11)19(17)27;1-4-6(3)5-2/h6-7,11-12,16,28H,1-5,8-10H2;4-5H2,1-3H3. The van der Waals surface area contributed by atoms with Crippen LogP contribution in [-0.2, 0) is 31.8 Å². The molecule has 3 fully saturated rings. The molecule has 3 atom stereocenters. The lowest BCUT2D eigenvalue weighted by molar-refractivity contribution is -0.170. The van der Waals surface area contributed by atoms with Gasteiger partial charge in [0.2, 0.25) is 0 Å². The zero-order chi connectivity index (χ0) is 26.5. The highest BCUT2D eigenvalue weighted by molar-refractivity contribution is 6.27. The van der Waals surface area contributed by atoms with Crippen LogP contribution in [0.4, 0.5) is 13.2 Å². The number of hydrogen-bond acceptors (Lipinski definition) is 7. The predicted molar refractivity (Wildman–Crippen MR) is 127 cm³/mol. The van der Waals surface area contributed by atoms with E-state index in [-0.39, 0.29) is 35.3 Å². The number of fused-ring (bicyclic) bond motifs is 2. The summed E-state index contributed by atoms with van der Waals surface area (Å²) in [6.07, 6.45) is -1.30. The van der Waals surface area contributed by atoms with Crippen molar-refractivity contribution < 1.29 is 37.3 Å². The number of Topliss-reactive ketones (excluding diaryl/α,β-unsaturated/α-hetero) is 2. The number of allylic oxidation sites excluding steroid dienone is 1. The van der Waals surface area contributed by atoms with E-state index in [2.05, 4.69) is 30.8 Å². The number of hydrogen-bond donors (Lipinski definition) is 1. The number of halogens is 3. The third kappa shape index (κ3) is 6.72. The fourth-order valence-electron chi connectivity index (χ4n) is 4.58. The lowest BCUT2D eigenvalue weighted by Crippen LogP contribution is -2.30. The third-order valence-corrected chi connectivity index (χ3v) is 7.05. The highest BCUT2D eigenvalue weighted by Crippen LogP contribution is 2.42. The number of ketones is 2. The summed E-state index contributed by atoms with van der Waals surface area (Å²) >= 11 is 0. The molecule has 1 aliphatic heterocycles. The van der Waals surface area contributed by atoms with Gasteiger partial charge in [-0.05, 0) is 70.8 Å². The molecule has 0 aromatic carbocycles. The summed E-state index contributed by atoms with van der Waals surface area (Å²) in [7, 11) is 2.11. The molecule has 1 N–H and O–H groups in total. The van der Waals surface area contributed by atoms with Crippen molar-refractivity contribution in [2.24, 2.45) is 11.8 Å². The Bertz CT molecular complexity index is 945. The Hall–Kier alpha value is -2.30. The molecule has 1 aromatic rings. The maximum absolute atomic E-state index is 13.2. The number of aliphatic hydroxyl groups is 1. The van der Waals surface area contributed by atoms with E-state index in [1.54, 1.807) is 0 Å². The van der Waals surface area contributed by atoms with Gasteiger partial charge in [0.25, 0.3) is 0 Å². The van der Waals surface area contributed by atoms with Gasteiger partial charge < -0.3 is 19.5 Å². The van der Waals surface area contributed by atoms with Crippen LogP contribution in [0.3, 0.4) is 0 Å². The van der Waals surface area contributed by atoms with Crippen molar-refractivity contribution in [3.63, 3.8) is 0 Å². The van der Waals surface area contributed by atoms with Gasteiger partial charge in [-0.25, -0.2) is 4.98 Å². The zero-order valence-corrected chi connectivity index (χ0v) is 21.1. The summed E-state index contributed by atoms with van der Waals surface area (Å²) < 4.78 is 50.5. The lowest BCUT2D eigenvalue weighted by Gasteiger charge is -2.24. The van der Waals surface area contributed by atoms with E-state index in [0.717, 1.165) is 38.1 Å². The molecule has 3 unspecified atom stereocenters. The molecule has 3 aliphatic rings. The van der Waals surface area contributed by atoms with Crippen molar-refractivity contribution in [1.29, 1.82) is 0 Å². The van der Waals surface area contributed by atoms with Gasteiger partial charge in [0.05, 0.1) is 12.3 Å². The number of rotatable bonds is 6. The van der Waals surface area contributed by atoms with Crippen LogP contribution < -0.4 is 0 Å². The number of aliphatic hydroxyl groups excluding tert-OH is 1. The normalized spacial score (nSPS) is 24.1. The first-order valence-corrected chi connectivity index (χ1v) is 12.6. The second-order valence-corrected chi connectivity index (χ2v) is 9.44. The molecule has 2 aliphatic carbocycles. The Morgan fingerprint density at radius 3 is 2.25 bits per heavy atom. The summed E-state index contributed by atoms with van der Waals surface area (Å²) in [5, 5.41) is 10.8. The minimum absolute atomic E-state index is 0.100. The van der Waals surface area contributed by atoms with Crippen molar-refractivity contribution in [1.82, 2.24) is 9.88 Å². The Morgan fingerprint density at radius 1 is 1.11 bits per heavy atom. The van der Waals surface area contributed by atoms with Gasteiger partial charge in [-0.1, -0.05) is 13.8 Å². The van der Waals surface area contributed by atoms with E-state index in [1.807, 2.05) is 0 Å². The first kappa shape index (κ1) is 28.3. The number of carbonyl (C=O) groups excluding carboxylic acids is 2. The second-order valence-electron chi connectivity index (χ2n) is 9.44. The van der Waals surface area contributed by atoms with E-state index < -0.39 is 35.5 Å². The van der Waals surface area contributed by atoms with Gasteiger partial charge in [-0.15, -0.1) is 0 Å². The van der Waals surface area contributed by atoms with Crippen LogP contribution in [-0.4, -0.2) is 59.6 Å². The van der Waals surface area contributed by atoms with Gasteiger partial charge in [0.1, 0.15) is 17.0 Å². The van der Waals surface area contributed by atoms with E-state index in [0.29, 0.717) is 32.3 Å². The first-order chi connectivity index (χ1) is 17.1. The molecule has 4 rings (SSSR count). The summed E-state index contributed by atoms with van der Waals surface area (Å²) in [6, 6.07) is 1.76. The van der Waals surface area contributed by atoms with Crippen LogP contribution in [0.2, 0.25) is 0 Å². The number of carbonyl (C=O) groups is 2. The molecular weight excluding hydrogens is 477 g/mol. The topological polar surface area (TPSA) is 89.0 Å². The Balaban J connectivity index is 0.000000538. The average Bonchev–Trinajstić information content (AvgIpc) is 3.33. The number of pyridine rings is 1. The SMILES string of the molecule is CCN(C)CC.O=C1C(=C(O)c2ccc(C(F)(F)F)nc2COC2CCCCO2)C(=O)C2CCC1C2. The van der Waals surface area contributed by atoms with Gasteiger partial charge in [-0.2, -0.15) is 13.2 Å². The molecule has 7 nitrogen and oxygen atoms in total. The molecule has 10 heteroatoms. The molecule has 2 heterocycles. The zero-order valence-electron chi connectivity index (χ0n) is 21.1. The van der Waals surface area contributed by atoms with Gasteiger partial charge in [0.15, 0.2) is 17.9 Å². The van der Waals surface area contributed by atoms with E-state index in [1.165, 1.54) is 0 Å². The molecular formula is C26H35F3N2O5. The second kappa shape index (κ2) is 12.3. The average molecular weight is 513 g/mol. The fourth-order valence-corrected chi connectivity index (χ4v) is 4.58. The molecule has 0 spiro atoms. The Labute approximate surface area is 209 Å². The van der Waals surface area contributed by atoms with Crippen molar-refractivity contribution >= 4 is 17.3 Å². The summed E-state index contributed by atoms with van der Waals surface area (Å²) in [5.74, 6) is -2.18. The van der Waals surface area contributed by atoms with E-state index >= 15 is 0 Å². The van der Waals surface area contributed by atoms with Gasteiger partial charge in [0, 0.05) is 24.0 Å².